The molecule has 7 rings (SSSR count). The molecule has 3 amide bonds. The topological polar surface area (TPSA) is 124 Å². The van der Waals surface area contributed by atoms with Gasteiger partial charge in [0.25, 0.3) is 0 Å². The van der Waals surface area contributed by atoms with Gasteiger partial charge in [0.15, 0.2) is 12.4 Å². The highest BCUT2D eigenvalue weighted by molar-refractivity contribution is 6.36. The number of esters is 1. The third-order valence-corrected chi connectivity index (χ3v) is 9.32. The van der Waals surface area contributed by atoms with Crippen LogP contribution in [0.5, 0.6) is 0 Å². The van der Waals surface area contributed by atoms with Crippen LogP contribution in [0, 0.1) is 11.8 Å². The standard InChI is InChI=1S/C30H22Cl2N2O6/c31-29-17-10-4-5-11-18(17)30(32,20-13-7-6-12-19(20)29)25-24(29)26(37)34(27(25)38)21(14-23(33)36)28(39)40-15-22(35)16-8-2-1-3-9-16/h1-13,21,24-25H,14-15H2,(H2,33,36)/t21-,24-,25+,29?,30?/m1/s1. The van der Waals surface area contributed by atoms with Crippen molar-refractivity contribution in [2.24, 2.45) is 17.6 Å². The van der Waals surface area contributed by atoms with Crippen LogP contribution in [0.25, 0.3) is 0 Å². The van der Waals surface area contributed by atoms with Crippen molar-refractivity contribution < 1.29 is 28.7 Å². The lowest BCUT2D eigenvalue weighted by molar-refractivity contribution is -0.159. The van der Waals surface area contributed by atoms with Gasteiger partial charge in [0.05, 0.1) is 18.3 Å². The van der Waals surface area contributed by atoms with E-state index in [4.69, 9.17) is 33.7 Å². The number of ketones is 1. The van der Waals surface area contributed by atoms with Gasteiger partial charge >= 0.3 is 5.97 Å². The Labute approximate surface area is 239 Å². The van der Waals surface area contributed by atoms with Gasteiger partial charge in [-0.3, -0.25) is 24.1 Å². The maximum Gasteiger partial charge on any atom is 0.330 e. The van der Waals surface area contributed by atoms with Crippen molar-refractivity contribution >= 4 is 52.7 Å². The number of amides is 3. The average molecular weight is 577 g/mol. The van der Waals surface area contributed by atoms with Crippen LogP contribution in [0.1, 0.15) is 39.0 Å². The number of hydrogen-bond acceptors (Lipinski definition) is 6. The summed E-state index contributed by atoms with van der Waals surface area (Å²) in [4.78, 5) is 63.9. The summed E-state index contributed by atoms with van der Waals surface area (Å²) in [5, 5.41) is 0. The molecule has 3 aromatic carbocycles. The van der Waals surface area contributed by atoms with E-state index in [1.807, 2.05) is 0 Å². The predicted octanol–water partition coefficient (Wildman–Crippen LogP) is 3.25. The normalized spacial score (nSPS) is 26.5. The van der Waals surface area contributed by atoms with E-state index in [1.165, 1.54) is 0 Å². The van der Waals surface area contributed by atoms with E-state index in [-0.39, 0.29) is 0 Å². The summed E-state index contributed by atoms with van der Waals surface area (Å²) in [5.74, 6) is -6.42. The molecule has 0 unspecified atom stereocenters. The summed E-state index contributed by atoms with van der Waals surface area (Å²) in [6, 6.07) is 20.7. The second-order valence-electron chi connectivity index (χ2n) is 10.1. The maximum absolute atomic E-state index is 14.1. The zero-order valence-corrected chi connectivity index (χ0v) is 22.4. The second kappa shape index (κ2) is 9.28. The van der Waals surface area contributed by atoms with E-state index in [0.29, 0.717) is 32.7 Å². The fraction of sp³-hybridized carbons (Fsp3) is 0.233. The fourth-order valence-corrected chi connectivity index (χ4v) is 7.50. The molecular weight excluding hydrogens is 555 g/mol. The van der Waals surface area contributed by atoms with Crippen LogP contribution in [0.2, 0.25) is 0 Å². The lowest BCUT2D eigenvalue weighted by atomic mass is 9.54. The first-order chi connectivity index (χ1) is 19.1. The minimum absolute atomic E-state index is 0.307. The number of nitrogens with two attached hydrogens (primary N) is 1. The minimum Gasteiger partial charge on any atom is -0.456 e. The first-order valence-electron chi connectivity index (χ1n) is 12.6. The molecule has 2 bridgehead atoms. The van der Waals surface area contributed by atoms with Gasteiger partial charge in [0, 0.05) is 5.56 Å². The molecule has 1 fully saturated rings. The number of hydrogen-bond donors (Lipinski definition) is 1. The Kier molecular flexibility index (Phi) is 6.09. The number of nitrogens with zero attached hydrogens (tertiary/aromatic N) is 1. The van der Waals surface area contributed by atoms with Crippen molar-refractivity contribution in [1.29, 1.82) is 0 Å². The zero-order valence-electron chi connectivity index (χ0n) is 20.9. The lowest BCUT2D eigenvalue weighted by Gasteiger charge is -2.54. The number of halogens is 2. The molecule has 1 heterocycles. The van der Waals surface area contributed by atoms with Crippen LogP contribution in [-0.2, 0) is 33.7 Å². The molecule has 1 saturated heterocycles. The van der Waals surface area contributed by atoms with E-state index in [1.54, 1.807) is 78.9 Å². The third-order valence-electron chi connectivity index (χ3n) is 8.04. The number of Topliss-reactive ketones (excluding diaryl/α,β-unsaturated/α-hetero) is 1. The Bertz CT molecular complexity index is 1480. The van der Waals surface area contributed by atoms with Crippen molar-refractivity contribution in [3.8, 4) is 0 Å². The number of alkyl halides is 2. The fourth-order valence-electron chi connectivity index (χ4n) is 6.41. The van der Waals surface area contributed by atoms with Crippen LogP contribution in [0.4, 0.5) is 0 Å². The summed E-state index contributed by atoms with van der Waals surface area (Å²) in [5.41, 5.74) is 8.11. The van der Waals surface area contributed by atoms with Crippen LogP contribution in [-0.4, -0.2) is 47.0 Å². The van der Waals surface area contributed by atoms with E-state index in [2.05, 4.69) is 0 Å². The Morgan fingerprint density at radius 1 is 0.775 bits per heavy atom. The molecule has 40 heavy (non-hydrogen) atoms. The van der Waals surface area contributed by atoms with Gasteiger partial charge < -0.3 is 10.5 Å². The molecule has 0 aromatic heterocycles. The summed E-state index contributed by atoms with van der Waals surface area (Å²) >= 11 is 14.8. The number of imide groups is 1. The van der Waals surface area contributed by atoms with E-state index < -0.39 is 70.1 Å². The third kappa shape index (κ3) is 3.49. The van der Waals surface area contributed by atoms with Crippen molar-refractivity contribution in [2.45, 2.75) is 22.2 Å². The van der Waals surface area contributed by atoms with Gasteiger partial charge in [0.1, 0.15) is 15.8 Å². The summed E-state index contributed by atoms with van der Waals surface area (Å²) in [6.07, 6.45) is -0.695. The first-order valence-corrected chi connectivity index (χ1v) is 13.3. The van der Waals surface area contributed by atoms with Crippen molar-refractivity contribution in [2.75, 3.05) is 6.61 Å². The molecular formula is C30H22Cl2N2O6. The quantitative estimate of drug-likeness (QED) is 0.199. The van der Waals surface area contributed by atoms with E-state index >= 15 is 0 Å². The molecule has 3 atom stereocenters. The number of ether oxygens (including phenoxy) is 1. The van der Waals surface area contributed by atoms with Gasteiger partial charge in [-0.2, -0.15) is 0 Å². The van der Waals surface area contributed by atoms with Gasteiger partial charge in [-0.25, -0.2) is 4.79 Å². The SMILES string of the molecule is NC(=O)C[C@H](C(=O)OCC(=O)c1ccccc1)N1C(=O)[C@@H]2[C@H](C1=O)C1(Cl)c3ccccc3C2(Cl)c2ccccc21. The number of primary amides is 1. The predicted molar refractivity (Wildman–Crippen MR) is 144 cm³/mol. The number of carbonyl (C=O) groups is 5. The molecule has 3 aromatic rings. The Hall–Kier alpha value is -4.01. The lowest BCUT2D eigenvalue weighted by Crippen LogP contribution is -2.57. The van der Waals surface area contributed by atoms with Crippen LogP contribution < -0.4 is 5.73 Å². The summed E-state index contributed by atoms with van der Waals surface area (Å²) in [6.45, 7) is -0.656. The molecule has 0 spiro atoms. The molecule has 0 saturated carbocycles. The Morgan fingerprint density at radius 2 is 1.20 bits per heavy atom. The van der Waals surface area contributed by atoms with Gasteiger partial charge in [-0.1, -0.05) is 78.9 Å². The Balaban J connectivity index is 1.40. The van der Waals surface area contributed by atoms with Crippen LogP contribution in [0.15, 0.2) is 78.9 Å². The number of likely N-dealkylation sites (tertiary alicyclic amines) is 1. The zero-order chi connectivity index (χ0) is 28.4. The number of benzene rings is 3. The van der Waals surface area contributed by atoms with Gasteiger partial charge in [0.2, 0.25) is 17.7 Å². The maximum atomic E-state index is 14.1. The number of rotatable bonds is 7. The van der Waals surface area contributed by atoms with Gasteiger partial charge in [-0.05, 0) is 22.3 Å². The van der Waals surface area contributed by atoms with Crippen LogP contribution >= 0.6 is 23.2 Å². The van der Waals surface area contributed by atoms with Crippen molar-refractivity contribution in [1.82, 2.24) is 4.90 Å². The molecule has 4 aliphatic rings. The second-order valence-corrected chi connectivity index (χ2v) is 11.3. The number of carbonyl (C=O) groups excluding carboxylic acids is 5. The highest BCUT2D eigenvalue weighted by Gasteiger charge is 2.73. The largest absolute Gasteiger partial charge is 0.456 e. The monoisotopic (exact) mass is 576 g/mol. The summed E-state index contributed by atoms with van der Waals surface area (Å²) < 4.78 is 5.22. The average Bonchev–Trinajstić information content (AvgIpc) is 3.24. The van der Waals surface area contributed by atoms with Crippen molar-refractivity contribution in [3.05, 3.63) is 107 Å². The van der Waals surface area contributed by atoms with E-state index in [0.717, 1.165) is 0 Å². The molecule has 2 N–H and O–H groups in total. The first kappa shape index (κ1) is 26.2. The molecule has 8 nitrogen and oxygen atoms in total. The van der Waals surface area contributed by atoms with Crippen LogP contribution in [0.3, 0.4) is 0 Å². The summed E-state index contributed by atoms with van der Waals surface area (Å²) in [7, 11) is 0. The molecule has 0 radical (unpaired) electrons. The molecule has 202 valence electrons. The molecule has 10 heteroatoms. The Morgan fingerprint density at radius 3 is 1.62 bits per heavy atom. The molecule has 1 aliphatic heterocycles. The van der Waals surface area contributed by atoms with E-state index in [9.17, 15) is 24.0 Å². The molecule has 3 aliphatic carbocycles. The highest BCUT2D eigenvalue weighted by atomic mass is 35.5. The highest BCUT2D eigenvalue weighted by Crippen LogP contribution is 2.69. The smallest absolute Gasteiger partial charge is 0.330 e. The van der Waals surface area contributed by atoms with Crippen molar-refractivity contribution in [3.63, 3.8) is 0 Å². The van der Waals surface area contributed by atoms with Gasteiger partial charge in [-0.15, -0.1) is 23.2 Å². The minimum atomic E-state index is -1.70.